The van der Waals surface area contributed by atoms with Gasteiger partial charge in [0.1, 0.15) is 6.04 Å². The molecule has 0 unspecified atom stereocenters. The Hall–Kier alpha value is -1.82. The van der Waals surface area contributed by atoms with Crippen LogP contribution in [-0.2, 0) is 9.53 Å². The van der Waals surface area contributed by atoms with E-state index < -0.39 is 18.1 Å². The van der Waals surface area contributed by atoms with Crippen molar-refractivity contribution in [3.8, 4) is 0 Å². The minimum absolute atomic E-state index is 0.0206. The van der Waals surface area contributed by atoms with Crippen LogP contribution in [0.3, 0.4) is 0 Å². The molecule has 6 heteroatoms. The number of amides is 1. The fourth-order valence-corrected chi connectivity index (χ4v) is 1.99. The molecule has 0 saturated carbocycles. The second-order valence-corrected chi connectivity index (χ2v) is 5.48. The summed E-state index contributed by atoms with van der Waals surface area (Å²) in [6.45, 7) is 2.91. The highest BCUT2D eigenvalue weighted by Crippen LogP contribution is 2.28. The average molecular weight is 296 g/mol. The van der Waals surface area contributed by atoms with Crippen LogP contribution in [0.4, 0.5) is 4.79 Å². The van der Waals surface area contributed by atoms with Gasteiger partial charge in [-0.1, -0.05) is 31.2 Å². The van der Waals surface area contributed by atoms with Crippen molar-refractivity contribution >= 4 is 12.1 Å². The molecular weight excluding hydrogens is 272 g/mol. The zero-order valence-corrected chi connectivity index (χ0v) is 12.4. The number of nitrogens with one attached hydrogen (secondary N) is 1. The Labute approximate surface area is 125 Å². The summed E-state index contributed by atoms with van der Waals surface area (Å²) in [6.07, 6.45) is 10.2. The number of carbonyl (C=O) groups excluding carboxylic acids is 1. The van der Waals surface area contributed by atoms with E-state index in [0.717, 1.165) is 6.42 Å². The Balaban J connectivity index is 2.00. The van der Waals surface area contributed by atoms with Crippen molar-refractivity contribution < 1.29 is 19.4 Å². The first-order chi connectivity index (χ1) is 9.93. The number of carboxylic acid groups (broad SMARTS) is 1. The summed E-state index contributed by atoms with van der Waals surface area (Å²) in [4.78, 5) is 21.9. The standard InChI is InChI=1S/C15H24N2O4/c1-15(7-3-4-8-15)9-11-21-14(20)17-10-5-2-6-12(16)13(18)19/h3-4,7-8,12H,2,5-6,9-11,16H2,1H3,(H,17,20)(H,18,19)/t12-/m0/s1. The minimum Gasteiger partial charge on any atom is -0.480 e. The van der Waals surface area contributed by atoms with Gasteiger partial charge >= 0.3 is 12.1 Å². The topological polar surface area (TPSA) is 102 Å². The Morgan fingerprint density at radius 1 is 1.33 bits per heavy atom. The Bertz CT molecular complexity index is 406. The van der Waals surface area contributed by atoms with Crippen LogP contribution in [0, 0.1) is 5.41 Å². The molecule has 6 nitrogen and oxygen atoms in total. The van der Waals surface area contributed by atoms with E-state index in [-0.39, 0.29) is 5.41 Å². The van der Waals surface area contributed by atoms with E-state index in [1.165, 1.54) is 0 Å². The van der Waals surface area contributed by atoms with Crippen molar-refractivity contribution in [2.75, 3.05) is 13.2 Å². The van der Waals surface area contributed by atoms with Crippen LogP contribution >= 0.6 is 0 Å². The third kappa shape index (κ3) is 6.94. The van der Waals surface area contributed by atoms with E-state index in [9.17, 15) is 9.59 Å². The Morgan fingerprint density at radius 3 is 2.62 bits per heavy atom. The number of carbonyl (C=O) groups is 2. The van der Waals surface area contributed by atoms with Gasteiger partial charge in [-0.3, -0.25) is 4.79 Å². The summed E-state index contributed by atoms with van der Waals surface area (Å²) in [6, 6.07) is -0.829. The van der Waals surface area contributed by atoms with Crippen molar-refractivity contribution in [1.82, 2.24) is 5.32 Å². The van der Waals surface area contributed by atoms with Crippen LogP contribution in [0.15, 0.2) is 24.3 Å². The summed E-state index contributed by atoms with van der Waals surface area (Å²) in [5.74, 6) is -0.995. The van der Waals surface area contributed by atoms with Gasteiger partial charge in [0.25, 0.3) is 0 Å². The van der Waals surface area contributed by atoms with Gasteiger partial charge in [0.15, 0.2) is 0 Å². The summed E-state index contributed by atoms with van der Waals surface area (Å²) in [5.41, 5.74) is 5.35. The number of alkyl carbamates (subject to hydrolysis) is 1. The highest BCUT2D eigenvalue weighted by atomic mass is 16.5. The fourth-order valence-electron chi connectivity index (χ4n) is 1.99. The lowest BCUT2D eigenvalue weighted by Crippen LogP contribution is -2.30. The largest absolute Gasteiger partial charge is 0.480 e. The summed E-state index contributed by atoms with van der Waals surface area (Å²) in [5, 5.41) is 11.2. The first kappa shape index (κ1) is 17.2. The zero-order valence-electron chi connectivity index (χ0n) is 12.4. The van der Waals surface area contributed by atoms with E-state index in [0.29, 0.717) is 32.4 Å². The lowest BCUT2D eigenvalue weighted by atomic mass is 9.89. The molecule has 1 amide bonds. The molecule has 21 heavy (non-hydrogen) atoms. The number of aliphatic carboxylic acids is 1. The van der Waals surface area contributed by atoms with Crippen molar-refractivity contribution in [2.24, 2.45) is 11.1 Å². The predicted octanol–water partition coefficient (Wildman–Crippen LogP) is 1.82. The Kier molecular flexibility index (Phi) is 6.94. The van der Waals surface area contributed by atoms with Gasteiger partial charge in [-0.25, -0.2) is 4.79 Å². The summed E-state index contributed by atoms with van der Waals surface area (Å²) < 4.78 is 5.10. The van der Waals surface area contributed by atoms with Crippen LogP contribution < -0.4 is 11.1 Å². The van der Waals surface area contributed by atoms with Gasteiger partial charge in [0.2, 0.25) is 0 Å². The minimum atomic E-state index is -0.995. The summed E-state index contributed by atoms with van der Waals surface area (Å²) >= 11 is 0. The average Bonchev–Trinajstić information content (AvgIpc) is 2.85. The van der Waals surface area contributed by atoms with Gasteiger partial charge in [-0.15, -0.1) is 0 Å². The highest BCUT2D eigenvalue weighted by Gasteiger charge is 2.19. The van der Waals surface area contributed by atoms with E-state index in [4.69, 9.17) is 15.6 Å². The quantitative estimate of drug-likeness (QED) is 0.563. The first-order valence-corrected chi connectivity index (χ1v) is 7.19. The maximum absolute atomic E-state index is 11.4. The van der Waals surface area contributed by atoms with Gasteiger partial charge in [-0.05, 0) is 25.7 Å². The third-order valence-electron chi connectivity index (χ3n) is 3.47. The van der Waals surface area contributed by atoms with Crippen LogP contribution in [-0.4, -0.2) is 36.4 Å². The lowest BCUT2D eigenvalue weighted by molar-refractivity contribution is -0.138. The number of allylic oxidation sites excluding steroid dienone is 4. The number of hydrogen-bond acceptors (Lipinski definition) is 4. The molecule has 1 rings (SSSR count). The third-order valence-corrected chi connectivity index (χ3v) is 3.47. The van der Waals surface area contributed by atoms with Crippen molar-refractivity contribution in [3.05, 3.63) is 24.3 Å². The second kappa shape index (κ2) is 8.46. The lowest BCUT2D eigenvalue weighted by Gasteiger charge is -2.18. The maximum Gasteiger partial charge on any atom is 0.407 e. The molecule has 0 fully saturated rings. The molecule has 0 aromatic rings. The molecule has 0 aromatic heterocycles. The smallest absolute Gasteiger partial charge is 0.407 e. The van der Waals surface area contributed by atoms with Crippen molar-refractivity contribution in [3.63, 3.8) is 0 Å². The van der Waals surface area contributed by atoms with E-state index in [2.05, 4.69) is 24.4 Å². The number of rotatable bonds is 9. The van der Waals surface area contributed by atoms with Gasteiger partial charge < -0.3 is 20.9 Å². The van der Waals surface area contributed by atoms with Crippen LogP contribution in [0.25, 0.3) is 0 Å². The van der Waals surface area contributed by atoms with E-state index >= 15 is 0 Å². The molecule has 1 aliphatic carbocycles. The predicted molar refractivity (Wildman–Crippen MR) is 79.8 cm³/mol. The number of carboxylic acids is 1. The molecule has 0 aromatic carbocycles. The van der Waals surface area contributed by atoms with Crippen molar-refractivity contribution in [2.45, 2.75) is 38.6 Å². The molecule has 0 spiro atoms. The molecule has 4 N–H and O–H groups in total. The number of nitrogens with two attached hydrogens (primary N) is 1. The molecule has 0 bridgehead atoms. The SMILES string of the molecule is CC1(CCOC(=O)NCCCC[C@H](N)C(=O)O)C=CC=C1. The molecule has 1 aliphatic rings. The molecule has 0 aliphatic heterocycles. The van der Waals surface area contributed by atoms with E-state index in [1.54, 1.807) is 0 Å². The zero-order chi connectivity index (χ0) is 15.7. The number of hydrogen-bond donors (Lipinski definition) is 3. The normalized spacial score (nSPS) is 16.7. The van der Waals surface area contributed by atoms with Crippen LogP contribution in [0.1, 0.15) is 32.6 Å². The summed E-state index contributed by atoms with van der Waals surface area (Å²) in [7, 11) is 0. The second-order valence-electron chi connectivity index (χ2n) is 5.48. The number of ether oxygens (including phenoxy) is 1. The van der Waals surface area contributed by atoms with Crippen molar-refractivity contribution in [1.29, 1.82) is 0 Å². The molecule has 0 radical (unpaired) electrons. The molecule has 118 valence electrons. The maximum atomic E-state index is 11.4. The van der Waals surface area contributed by atoms with E-state index in [1.807, 2.05) is 12.2 Å². The van der Waals surface area contributed by atoms with Gasteiger partial charge in [-0.2, -0.15) is 0 Å². The molecule has 0 saturated heterocycles. The van der Waals surface area contributed by atoms with Crippen LogP contribution in [0.5, 0.6) is 0 Å². The van der Waals surface area contributed by atoms with Gasteiger partial charge in [0, 0.05) is 12.0 Å². The van der Waals surface area contributed by atoms with Crippen LogP contribution in [0.2, 0.25) is 0 Å². The highest BCUT2D eigenvalue weighted by molar-refractivity contribution is 5.72. The number of unbranched alkanes of at least 4 members (excludes halogenated alkanes) is 1. The Morgan fingerprint density at radius 2 is 2.00 bits per heavy atom. The monoisotopic (exact) mass is 296 g/mol. The molecule has 1 atom stereocenters. The molecule has 0 heterocycles. The fraction of sp³-hybridized carbons (Fsp3) is 0.600. The molecular formula is C15H24N2O4. The van der Waals surface area contributed by atoms with Gasteiger partial charge in [0.05, 0.1) is 6.61 Å². The first-order valence-electron chi connectivity index (χ1n) is 7.19.